The third-order valence-corrected chi connectivity index (χ3v) is 4.45. The summed E-state index contributed by atoms with van der Waals surface area (Å²) in [5.41, 5.74) is 1.64. The number of aliphatic imine (C=N–C) groups is 1. The molecule has 1 aromatic heterocycles. The standard InChI is InChI=1S/C18H25N5OS/c1-4-20-18(21-9-8-16-22-11-13(2)25-16)23-12-14-6-5-7-15(10-14)17(24)19-3/h5-7,10-11H,4,8-9,12H2,1-3H3,(H,19,24)(H2,20,21,23). The molecule has 0 aliphatic carbocycles. The largest absolute Gasteiger partial charge is 0.357 e. The molecule has 0 aliphatic heterocycles. The highest BCUT2D eigenvalue weighted by Crippen LogP contribution is 2.11. The maximum absolute atomic E-state index is 11.7. The fourth-order valence-electron chi connectivity index (χ4n) is 2.27. The fraction of sp³-hybridized carbons (Fsp3) is 0.389. The molecule has 0 spiro atoms. The Morgan fingerprint density at radius 1 is 1.32 bits per heavy atom. The van der Waals surface area contributed by atoms with Gasteiger partial charge in [-0.15, -0.1) is 11.3 Å². The number of nitrogens with zero attached hydrogens (tertiary/aromatic N) is 2. The van der Waals surface area contributed by atoms with Crippen molar-refractivity contribution in [1.29, 1.82) is 0 Å². The zero-order valence-corrected chi connectivity index (χ0v) is 15.7. The summed E-state index contributed by atoms with van der Waals surface area (Å²) in [6, 6.07) is 7.51. The predicted molar refractivity (Wildman–Crippen MR) is 103 cm³/mol. The molecule has 1 heterocycles. The van der Waals surface area contributed by atoms with Gasteiger partial charge in [0.05, 0.1) is 11.6 Å². The molecule has 1 amide bonds. The number of rotatable bonds is 7. The van der Waals surface area contributed by atoms with Crippen molar-refractivity contribution in [3.8, 4) is 0 Å². The summed E-state index contributed by atoms with van der Waals surface area (Å²) < 4.78 is 0. The quantitative estimate of drug-likeness (QED) is 0.523. The van der Waals surface area contributed by atoms with Gasteiger partial charge < -0.3 is 16.0 Å². The summed E-state index contributed by atoms with van der Waals surface area (Å²) in [7, 11) is 1.63. The van der Waals surface area contributed by atoms with Crippen molar-refractivity contribution >= 4 is 23.2 Å². The van der Waals surface area contributed by atoms with Gasteiger partial charge >= 0.3 is 0 Å². The van der Waals surface area contributed by atoms with Gasteiger partial charge in [-0.25, -0.2) is 9.98 Å². The Balaban J connectivity index is 1.93. The van der Waals surface area contributed by atoms with Gasteiger partial charge in [-0.3, -0.25) is 4.79 Å². The molecule has 0 bridgehead atoms. The first-order valence-corrected chi connectivity index (χ1v) is 9.18. The Labute approximate surface area is 152 Å². The van der Waals surface area contributed by atoms with Gasteiger partial charge in [0.25, 0.3) is 5.91 Å². The van der Waals surface area contributed by atoms with Crippen LogP contribution in [0.5, 0.6) is 0 Å². The van der Waals surface area contributed by atoms with Gasteiger partial charge in [-0.1, -0.05) is 12.1 Å². The Kier molecular flexibility index (Phi) is 7.40. The first-order valence-electron chi connectivity index (χ1n) is 8.37. The lowest BCUT2D eigenvalue weighted by atomic mass is 10.1. The van der Waals surface area contributed by atoms with Crippen LogP contribution in [-0.2, 0) is 13.0 Å². The van der Waals surface area contributed by atoms with Crippen LogP contribution in [0.3, 0.4) is 0 Å². The summed E-state index contributed by atoms with van der Waals surface area (Å²) in [6.45, 7) is 6.18. The lowest BCUT2D eigenvalue weighted by Crippen LogP contribution is -2.38. The van der Waals surface area contributed by atoms with Crippen LogP contribution in [0.1, 0.15) is 32.7 Å². The number of benzene rings is 1. The summed E-state index contributed by atoms with van der Waals surface area (Å²) in [6.07, 6.45) is 2.77. The van der Waals surface area contributed by atoms with Gasteiger partial charge in [0.15, 0.2) is 5.96 Å². The average molecular weight is 359 g/mol. The van der Waals surface area contributed by atoms with Crippen molar-refractivity contribution in [3.63, 3.8) is 0 Å². The number of aromatic nitrogens is 1. The highest BCUT2D eigenvalue weighted by atomic mass is 32.1. The molecular formula is C18H25N5OS. The monoisotopic (exact) mass is 359 g/mol. The second kappa shape index (κ2) is 9.78. The van der Waals surface area contributed by atoms with Crippen molar-refractivity contribution < 1.29 is 4.79 Å². The minimum Gasteiger partial charge on any atom is -0.357 e. The van der Waals surface area contributed by atoms with Crippen LogP contribution in [0.15, 0.2) is 35.5 Å². The molecular weight excluding hydrogens is 334 g/mol. The molecule has 0 atom stereocenters. The van der Waals surface area contributed by atoms with Gasteiger partial charge in [-0.05, 0) is 31.5 Å². The summed E-state index contributed by atoms with van der Waals surface area (Å²) in [5.74, 6) is 0.677. The van der Waals surface area contributed by atoms with Crippen LogP contribution in [0.4, 0.5) is 0 Å². The summed E-state index contributed by atoms with van der Waals surface area (Å²) in [5, 5.41) is 10.3. The van der Waals surface area contributed by atoms with Crippen molar-refractivity contribution in [1.82, 2.24) is 20.9 Å². The van der Waals surface area contributed by atoms with E-state index < -0.39 is 0 Å². The molecule has 0 unspecified atom stereocenters. The Hall–Kier alpha value is -2.41. The second-order valence-corrected chi connectivity index (χ2v) is 6.84. The number of thiazole rings is 1. The van der Waals surface area contributed by atoms with E-state index in [-0.39, 0.29) is 5.91 Å². The molecule has 0 saturated carbocycles. The second-order valence-electron chi connectivity index (χ2n) is 5.52. The first kappa shape index (κ1) is 18.9. The number of amides is 1. The highest BCUT2D eigenvalue weighted by molar-refractivity contribution is 7.11. The Morgan fingerprint density at radius 2 is 2.16 bits per heavy atom. The van der Waals surface area contributed by atoms with E-state index in [0.29, 0.717) is 12.1 Å². The average Bonchev–Trinajstić information content (AvgIpc) is 3.04. The molecule has 0 saturated heterocycles. The molecule has 7 heteroatoms. The van der Waals surface area contributed by atoms with E-state index in [1.54, 1.807) is 24.5 Å². The third-order valence-electron chi connectivity index (χ3n) is 3.48. The number of guanidine groups is 1. The molecule has 0 fully saturated rings. The van der Waals surface area contributed by atoms with E-state index in [1.165, 1.54) is 4.88 Å². The van der Waals surface area contributed by atoms with Gasteiger partial charge in [0, 0.05) is 43.2 Å². The van der Waals surface area contributed by atoms with Crippen LogP contribution in [-0.4, -0.2) is 37.0 Å². The third kappa shape index (κ3) is 6.19. The minimum atomic E-state index is -0.0883. The zero-order valence-electron chi connectivity index (χ0n) is 14.9. The topological polar surface area (TPSA) is 78.4 Å². The van der Waals surface area contributed by atoms with Gasteiger partial charge in [-0.2, -0.15) is 0 Å². The zero-order chi connectivity index (χ0) is 18.1. The number of aryl methyl sites for hydroxylation is 1. The Morgan fingerprint density at radius 3 is 2.84 bits per heavy atom. The number of nitrogens with one attached hydrogen (secondary N) is 3. The molecule has 2 aromatic rings. The maximum Gasteiger partial charge on any atom is 0.251 e. The van der Waals surface area contributed by atoms with Crippen LogP contribution in [0, 0.1) is 6.92 Å². The van der Waals surface area contributed by atoms with Gasteiger partial charge in [0.1, 0.15) is 0 Å². The first-order chi connectivity index (χ1) is 12.1. The summed E-state index contributed by atoms with van der Waals surface area (Å²) in [4.78, 5) is 21.9. The van der Waals surface area contributed by atoms with Crippen LogP contribution in [0.25, 0.3) is 0 Å². The van der Waals surface area contributed by atoms with Crippen molar-refractivity contribution in [2.75, 3.05) is 20.1 Å². The van der Waals surface area contributed by atoms with Crippen LogP contribution >= 0.6 is 11.3 Å². The SMILES string of the molecule is CCNC(=NCc1cccc(C(=O)NC)c1)NCCc1ncc(C)s1. The fourth-order valence-corrected chi connectivity index (χ4v) is 3.06. The molecule has 1 aromatic carbocycles. The number of hydrogen-bond donors (Lipinski definition) is 3. The maximum atomic E-state index is 11.7. The molecule has 6 nitrogen and oxygen atoms in total. The molecule has 0 radical (unpaired) electrons. The van der Waals surface area contributed by atoms with E-state index in [4.69, 9.17) is 0 Å². The lowest BCUT2D eigenvalue weighted by Gasteiger charge is -2.11. The molecule has 134 valence electrons. The molecule has 3 N–H and O–H groups in total. The van der Waals surface area contributed by atoms with Crippen LogP contribution in [0.2, 0.25) is 0 Å². The van der Waals surface area contributed by atoms with E-state index in [9.17, 15) is 4.79 Å². The Bertz CT molecular complexity index is 726. The molecule has 0 aliphatic rings. The van der Waals surface area contributed by atoms with Crippen LogP contribution < -0.4 is 16.0 Å². The predicted octanol–water partition coefficient (Wildman–Crippen LogP) is 2.11. The smallest absolute Gasteiger partial charge is 0.251 e. The highest BCUT2D eigenvalue weighted by Gasteiger charge is 2.04. The van der Waals surface area contributed by atoms with Crippen molar-refractivity contribution in [3.05, 3.63) is 51.5 Å². The minimum absolute atomic E-state index is 0.0883. The van der Waals surface area contributed by atoms with E-state index in [1.807, 2.05) is 31.3 Å². The van der Waals surface area contributed by atoms with Crippen molar-refractivity contribution in [2.45, 2.75) is 26.8 Å². The van der Waals surface area contributed by atoms with E-state index in [0.717, 1.165) is 36.0 Å². The van der Waals surface area contributed by atoms with Crippen molar-refractivity contribution in [2.24, 2.45) is 4.99 Å². The van der Waals surface area contributed by atoms with E-state index >= 15 is 0 Å². The molecule has 25 heavy (non-hydrogen) atoms. The van der Waals surface area contributed by atoms with Gasteiger partial charge in [0.2, 0.25) is 0 Å². The normalized spacial score (nSPS) is 11.2. The number of hydrogen-bond acceptors (Lipinski definition) is 4. The molecule has 2 rings (SSSR count). The number of carbonyl (C=O) groups is 1. The summed E-state index contributed by atoms with van der Waals surface area (Å²) >= 11 is 1.72. The number of carbonyl (C=O) groups excluding carboxylic acids is 1. The lowest BCUT2D eigenvalue weighted by molar-refractivity contribution is 0.0963. The van der Waals surface area contributed by atoms with E-state index in [2.05, 4.69) is 32.9 Å².